The molecule has 140 valence electrons. The van der Waals surface area contributed by atoms with Crippen molar-refractivity contribution in [3.05, 3.63) is 24.2 Å². The number of ether oxygens (including phenoxy) is 1. The molecular formula is C19H24N2O5. The number of furan rings is 1. The molecule has 3 unspecified atom stereocenters. The van der Waals surface area contributed by atoms with Crippen LogP contribution in [0, 0.1) is 5.92 Å². The summed E-state index contributed by atoms with van der Waals surface area (Å²) in [6, 6.07) is 0.471. The molecule has 3 atom stereocenters. The second kappa shape index (κ2) is 7.23. The Balaban J connectivity index is 1.50. The summed E-state index contributed by atoms with van der Waals surface area (Å²) in [6.07, 6.45) is 8.40. The fourth-order valence-electron chi connectivity index (χ4n) is 4.48. The highest BCUT2D eigenvalue weighted by molar-refractivity contribution is 5.99. The van der Waals surface area contributed by atoms with Crippen LogP contribution in [0.3, 0.4) is 0 Å². The number of fused-ring (bicyclic) bond motifs is 1. The van der Waals surface area contributed by atoms with Crippen molar-refractivity contribution >= 4 is 17.6 Å². The lowest BCUT2D eigenvalue weighted by atomic mass is 9.96. The monoisotopic (exact) mass is 360 g/mol. The first-order valence-corrected chi connectivity index (χ1v) is 9.41. The molecule has 26 heavy (non-hydrogen) atoms. The van der Waals surface area contributed by atoms with Crippen molar-refractivity contribution in [2.45, 2.75) is 56.7 Å². The Hall–Kier alpha value is -2.15. The lowest BCUT2D eigenvalue weighted by molar-refractivity contribution is -0.138. The van der Waals surface area contributed by atoms with Crippen molar-refractivity contribution in [3.63, 3.8) is 0 Å². The van der Waals surface area contributed by atoms with Gasteiger partial charge < -0.3 is 19.4 Å². The van der Waals surface area contributed by atoms with E-state index in [1.54, 1.807) is 11.0 Å². The van der Waals surface area contributed by atoms with Crippen LogP contribution in [0.5, 0.6) is 0 Å². The van der Waals surface area contributed by atoms with E-state index >= 15 is 0 Å². The number of amides is 2. The lowest BCUT2D eigenvalue weighted by Gasteiger charge is -2.28. The molecule has 2 aliphatic heterocycles. The van der Waals surface area contributed by atoms with Gasteiger partial charge in [0.25, 0.3) is 5.91 Å². The second-order valence-electron chi connectivity index (χ2n) is 7.51. The molecule has 4 rings (SSSR count). The molecule has 0 aromatic carbocycles. The number of rotatable bonds is 5. The van der Waals surface area contributed by atoms with Gasteiger partial charge in [-0.2, -0.15) is 0 Å². The van der Waals surface area contributed by atoms with Crippen LogP contribution in [0.2, 0.25) is 0 Å². The third-order valence-corrected chi connectivity index (χ3v) is 5.83. The highest BCUT2D eigenvalue weighted by Crippen LogP contribution is 2.31. The fraction of sp³-hybridized carbons (Fsp3) is 0.632. The van der Waals surface area contributed by atoms with Gasteiger partial charge in [0.05, 0.1) is 17.9 Å². The highest BCUT2D eigenvalue weighted by atomic mass is 16.5. The minimum Gasteiger partial charge on any atom is -0.472 e. The van der Waals surface area contributed by atoms with Gasteiger partial charge in [0.15, 0.2) is 5.78 Å². The summed E-state index contributed by atoms with van der Waals surface area (Å²) in [6.45, 7) is 0.580. The van der Waals surface area contributed by atoms with Gasteiger partial charge in [0.2, 0.25) is 5.91 Å². The fourth-order valence-corrected chi connectivity index (χ4v) is 4.48. The molecule has 1 saturated carbocycles. The predicted octanol–water partition coefficient (Wildman–Crippen LogP) is 1.53. The highest BCUT2D eigenvalue weighted by Gasteiger charge is 2.48. The number of carbonyl (C=O) groups is 3. The maximum atomic E-state index is 13.2. The van der Waals surface area contributed by atoms with E-state index in [4.69, 9.17) is 9.15 Å². The summed E-state index contributed by atoms with van der Waals surface area (Å²) in [5.41, 5.74) is 0.397. The van der Waals surface area contributed by atoms with Crippen LogP contribution in [0.15, 0.2) is 23.0 Å². The summed E-state index contributed by atoms with van der Waals surface area (Å²) in [5, 5.41) is 2.88. The van der Waals surface area contributed by atoms with Crippen molar-refractivity contribution in [1.29, 1.82) is 0 Å². The normalized spacial score (nSPS) is 26.9. The second-order valence-corrected chi connectivity index (χ2v) is 7.51. The van der Waals surface area contributed by atoms with Crippen molar-refractivity contribution in [2.24, 2.45) is 5.92 Å². The largest absolute Gasteiger partial charge is 0.472 e. The Morgan fingerprint density at radius 1 is 1.27 bits per heavy atom. The molecule has 3 heterocycles. The topological polar surface area (TPSA) is 88.9 Å². The van der Waals surface area contributed by atoms with Gasteiger partial charge in [0.1, 0.15) is 25.0 Å². The van der Waals surface area contributed by atoms with E-state index in [1.807, 2.05) is 0 Å². The van der Waals surface area contributed by atoms with Gasteiger partial charge in [-0.3, -0.25) is 14.4 Å². The van der Waals surface area contributed by atoms with E-state index in [0.29, 0.717) is 30.9 Å². The van der Waals surface area contributed by atoms with Crippen molar-refractivity contribution in [3.8, 4) is 0 Å². The van der Waals surface area contributed by atoms with E-state index in [0.717, 1.165) is 12.8 Å². The van der Waals surface area contributed by atoms with Crippen LogP contribution in [0.4, 0.5) is 0 Å². The molecule has 1 aliphatic carbocycles. The average molecular weight is 360 g/mol. The summed E-state index contributed by atoms with van der Waals surface area (Å²) >= 11 is 0. The Bertz CT molecular complexity index is 680. The maximum Gasteiger partial charge on any atom is 0.255 e. The number of Topliss-reactive ketones (excluding diaryl/α,β-unsaturated/α-hetero) is 1. The zero-order chi connectivity index (χ0) is 18.1. The molecule has 3 aliphatic rings. The third-order valence-electron chi connectivity index (χ3n) is 5.83. The lowest BCUT2D eigenvalue weighted by Crippen LogP contribution is -2.52. The molecule has 0 spiro atoms. The van der Waals surface area contributed by atoms with Gasteiger partial charge in [-0.1, -0.05) is 25.7 Å². The Morgan fingerprint density at radius 3 is 2.81 bits per heavy atom. The summed E-state index contributed by atoms with van der Waals surface area (Å²) in [5.74, 6) is -0.0934. The molecule has 2 amide bonds. The van der Waals surface area contributed by atoms with Crippen LogP contribution in [0.25, 0.3) is 0 Å². The van der Waals surface area contributed by atoms with Crippen molar-refractivity contribution in [1.82, 2.24) is 10.2 Å². The van der Waals surface area contributed by atoms with Gasteiger partial charge >= 0.3 is 0 Å². The number of hydrogen-bond donors (Lipinski definition) is 1. The van der Waals surface area contributed by atoms with E-state index in [9.17, 15) is 14.4 Å². The number of nitrogens with zero attached hydrogens (tertiary/aromatic N) is 1. The Kier molecular flexibility index (Phi) is 4.80. The van der Waals surface area contributed by atoms with Crippen LogP contribution in [-0.2, 0) is 14.3 Å². The molecule has 1 N–H and O–H groups in total. The molecule has 3 fully saturated rings. The molecule has 2 saturated heterocycles. The standard InChI is InChI=1S/C19H24N2O5/c22-15-11-26-16-5-7-21(17(15)16)19(24)14(9-12-3-1-2-4-12)20-18(23)13-6-8-25-10-13/h6,8,10,12,14,16-17H,1-5,7,9,11H2,(H,20,23). The SMILES string of the molecule is O=C(NC(CC1CCCC1)C(=O)N1CCC2OCC(=O)C21)c1ccoc1. The number of likely N-dealkylation sites (tertiary alicyclic amines) is 1. The van der Waals surface area contributed by atoms with E-state index < -0.39 is 12.1 Å². The molecule has 1 aromatic rings. The van der Waals surface area contributed by atoms with E-state index in [1.165, 1.54) is 25.4 Å². The zero-order valence-corrected chi connectivity index (χ0v) is 14.7. The van der Waals surface area contributed by atoms with Gasteiger partial charge in [0, 0.05) is 6.54 Å². The van der Waals surface area contributed by atoms with E-state index in [2.05, 4.69) is 5.32 Å². The molecule has 0 bridgehead atoms. The van der Waals surface area contributed by atoms with Crippen LogP contribution >= 0.6 is 0 Å². The molecular weight excluding hydrogens is 336 g/mol. The zero-order valence-electron chi connectivity index (χ0n) is 14.7. The smallest absolute Gasteiger partial charge is 0.255 e. The van der Waals surface area contributed by atoms with Crippen molar-refractivity contribution < 1.29 is 23.5 Å². The van der Waals surface area contributed by atoms with Gasteiger partial charge in [-0.05, 0) is 24.8 Å². The first-order valence-electron chi connectivity index (χ1n) is 9.41. The van der Waals surface area contributed by atoms with Crippen LogP contribution in [-0.4, -0.2) is 53.8 Å². The first kappa shape index (κ1) is 17.3. The third kappa shape index (κ3) is 3.28. The number of carbonyl (C=O) groups excluding carboxylic acids is 3. The molecule has 1 aromatic heterocycles. The number of hydrogen-bond acceptors (Lipinski definition) is 5. The first-order chi connectivity index (χ1) is 12.6. The van der Waals surface area contributed by atoms with Crippen LogP contribution in [0.1, 0.15) is 48.9 Å². The summed E-state index contributed by atoms with van der Waals surface area (Å²) in [4.78, 5) is 39.4. The maximum absolute atomic E-state index is 13.2. The molecule has 7 heteroatoms. The minimum atomic E-state index is -0.618. The average Bonchev–Trinajstić information content (AvgIpc) is 3.41. The van der Waals surface area contributed by atoms with Gasteiger partial charge in [-0.15, -0.1) is 0 Å². The van der Waals surface area contributed by atoms with Gasteiger partial charge in [-0.25, -0.2) is 0 Å². The van der Waals surface area contributed by atoms with Crippen molar-refractivity contribution in [2.75, 3.05) is 13.2 Å². The minimum absolute atomic E-state index is 0.0402. The van der Waals surface area contributed by atoms with Crippen LogP contribution < -0.4 is 5.32 Å². The summed E-state index contributed by atoms with van der Waals surface area (Å²) in [7, 11) is 0. The molecule has 0 radical (unpaired) electrons. The molecule has 7 nitrogen and oxygen atoms in total. The van der Waals surface area contributed by atoms with E-state index in [-0.39, 0.29) is 30.3 Å². The Labute approximate surface area is 152 Å². The quantitative estimate of drug-likeness (QED) is 0.860. The number of ketones is 1. The Morgan fingerprint density at radius 2 is 2.08 bits per heavy atom. The number of nitrogens with one attached hydrogen (secondary N) is 1. The summed E-state index contributed by atoms with van der Waals surface area (Å²) < 4.78 is 10.4. The predicted molar refractivity (Wildman–Crippen MR) is 91.4 cm³/mol.